The van der Waals surface area contributed by atoms with E-state index in [1.807, 2.05) is 30.3 Å². The van der Waals surface area contributed by atoms with Crippen LogP contribution >= 0.6 is 0 Å². The van der Waals surface area contributed by atoms with E-state index in [1.165, 1.54) is 0 Å². The van der Waals surface area contributed by atoms with Gasteiger partial charge in [0.2, 0.25) is 0 Å². The van der Waals surface area contributed by atoms with Crippen molar-refractivity contribution in [1.29, 1.82) is 0 Å². The van der Waals surface area contributed by atoms with Crippen LogP contribution in [-0.2, 0) is 11.3 Å². The smallest absolute Gasteiger partial charge is 0.407 e. The number of amides is 1. The number of ether oxygens (including phenoxy) is 1. The van der Waals surface area contributed by atoms with Crippen molar-refractivity contribution in [3.8, 4) is 0 Å². The van der Waals surface area contributed by atoms with Gasteiger partial charge < -0.3 is 20.3 Å². The molecule has 1 rings (SSSR count). The summed E-state index contributed by atoms with van der Waals surface area (Å²) in [5.74, 6) is 0. The molecule has 5 heteroatoms. The van der Waals surface area contributed by atoms with Crippen molar-refractivity contribution < 1.29 is 19.7 Å². The predicted octanol–water partition coefficient (Wildman–Crippen LogP) is 1.44. The highest BCUT2D eigenvalue weighted by atomic mass is 16.5. The number of aliphatic hydroxyl groups is 2. The van der Waals surface area contributed by atoms with Gasteiger partial charge in [0, 0.05) is 6.54 Å². The first kappa shape index (κ1) is 15.5. The fraction of sp³-hybridized carbons (Fsp3) is 0.500. The standard InChI is InChI=1S/C14H21NO4/c16-10-13(17)8-4-5-9-15-14(18)19-11-12-6-2-1-3-7-12/h1-3,6-7,13,16-17H,4-5,8-11H2,(H,15,18)/t13-/m0/s1. The van der Waals surface area contributed by atoms with E-state index < -0.39 is 12.2 Å². The number of hydrogen-bond acceptors (Lipinski definition) is 4. The monoisotopic (exact) mass is 267 g/mol. The van der Waals surface area contributed by atoms with Crippen LogP contribution in [0.3, 0.4) is 0 Å². The molecule has 1 amide bonds. The van der Waals surface area contributed by atoms with Gasteiger partial charge in [0.1, 0.15) is 6.61 Å². The molecule has 1 aromatic carbocycles. The SMILES string of the molecule is O=C(NCCCC[C@H](O)CO)OCc1ccccc1. The van der Waals surface area contributed by atoms with Gasteiger partial charge >= 0.3 is 6.09 Å². The summed E-state index contributed by atoms with van der Waals surface area (Å²) in [6.45, 7) is 0.550. The Balaban J connectivity index is 2.02. The van der Waals surface area contributed by atoms with Crippen molar-refractivity contribution in [2.75, 3.05) is 13.2 Å². The van der Waals surface area contributed by atoms with Crippen molar-refractivity contribution in [3.63, 3.8) is 0 Å². The summed E-state index contributed by atoms with van der Waals surface area (Å²) in [4.78, 5) is 11.3. The fourth-order valence-corrected chi connectivity index (χ4v) is 1.56. The minimum atomic E-state index is -0.662. The highest BCUT2D eigenvalue weighted by Gasteiger charge is 2.03. The van der Waals surface area contributed by atoms with Crippen molar-refractivity contribution >= 4 is 6.09 Å². The van der Waals surface area contributed by atoms with Gasteiger partial charge in [0.05, 0.1) is 12.7 Å². The molecular formula is C14H21NO4. The van der Waals surface area contributed by atoms with Crippen molar-refractivity contribution in [2.24, 2.45) is 0 Å². The molecule has 0 unspecified atom stereocenters. The lowest BCUT2D eigenvalue weighted by atomic mass is 10.1. The molecule has 0 saturated heterocycles. The molecule has 0 heterocycles. The Kier molecular flexibility index (Phi) is 7.62. The maximum Gasteiger partial charge on any atom is 0.407 e. The van der Waals surface area contributed by atoms with Gasteiger partial charge in [-0.1, -0.05) is 30.3 Å². The summed E-state index contributed by atoms with van der Waals surface area (Å²) in [6, 6.07) is 9.48. The largest absolute Gasteiger partial charge is 0.445 e. The first-order valence-electron chi connectivity index (χ1n) is 6.46. The molecule has 0 radical (unpaired) electrons. The third-order valence-electron chi connectivity index (χ3n) is 2.66. The number of hydrogen-bond donors (Lipinski definition) is 3. The van der Waals surface area contributed by atoms with Crippen LogP contribution in [0.2, 0.25) is 0 Å². The number of alkyl carbamates (subject to hydrolysis) is 1. The second-order valence-electron chi connectivity index (χ2n) is 4.32. The Hall–Kier alpha value is -1.59. The second-order valence-corrected chi connectivity index (χ2v) is 4.32. The summed E-state index contributed by atoms with van der Waals surface area (Å²) >= 11 is 0. The van der Waals surface area contributed by atoms with Crippen molar-refractivity contribution in [1.82, 2.24) is 5.32 Å². The van der Waals surface area contributed by atoms with Crippen LogP contribution in [0.1, 0.15) is 24.8 Å². The molecule has 0 saturated carbocycles. The minimum absolute atomic E-state index is 0.216. The van der Waals surface area contributed by atoms with E-state index in [2.05, 4.69) is 5.32 Å². The van der Waals surface area contributed by atoms with Gasteiger partial charge in [-0.15, -0.1) is 0 Å². The highest BCUT2D eigenvalue weighted by molar-refractivity contribution is 5.67. The summed E-state index contributed by atoms with van der Waals surface area (Å²) in [7, 11) is 0. The average Bonchev–Trinajstić information content (AvgIpc) is 2.45. The summed E-state index contributed by atoms with van der Waals surface area (Å²) in [5.41, 5.74) is 0.948. The molecule has 19 heavy (non-hydrogen) atoms. The summed E-state index contributed by atoms with van der Waals surface area (Å²) in [5, 5.41) is 20.4. The van der Waals surface area contributed by atoms with Gasteiger partial charge in [-0.2, -0.15) is 0 Å². The number of aliphatic hydroxyl groups excluding tert-OH is 2. The van der Waals surface area contributed by atoms with Gasteiger partial charge in [0.25, 0.3) is 0 Å². The summed E-state index contributed by atoms with van der Waals surface area (Å²) in [6.07, 6.45) is 0.937. The second kappa shape index (κ2) is 9.35. The molecule has 106 valence electrons. The summed E-state index contributed by atoms with van der Waals surface area (Å²) < 4.78 is 5.04. The van der Waals surface area contributed by atoms with Crippen LogP contribution in [0.5, 0.6) is 0 Å². The van der Waals surface area contributed by atoms with Crippen LogP contribution in [0, 0.1) is 0 Å². The molecule has 0 aliphatic heterocycles. The molecule has 0 fully saturated rings. The van der Waals surface area contributed by atoms with Gasteiger partial charge in [-0.05, 0) is 24.8 Å². The lowest BCUT2D eigenvalue weighted by Gasteiger charge is -2.08. The van der Waals surface area contributed by atoms with Crippen LogP contribution in [-0.4, -0.2) is 35.6 Å². The Morgan fingerprint density at radius 2 is 2.00 bits per heavy atom. The number of unbranched alkanes of at least 4 members (excludes halogenated alkanes) is 1. The Morgan fingerprint density at radius 3 is 2.68 bits per heavy atom. The fourth-order valence-electron chi connectivity index (χ4n) is 1.56. The van der Waals surface area contributed by atoms with Crippen LogP contribution in [0.4, 0.5) is 4.79 Å². The molecule has 1 atom stereocenters. The average molecular weight is 267 g/mol. The van der Waals surface area contributed by atoms with Crippen molar-refractivity contribution in [2.45, 2.75) is 32.0 Å². The maximum atomic E-state index is 11.3. The first-order valence-corrected chi connectivity index (χ1v) is 6.46. The molecule has 1 aromatic rings. The van der Waals surface area contributed by atoms with Crippen LogP contribution < -0.4 is 5.32 Å². The molecule has 0 aliphatic rings. The zero-order valence-electron chi connectivity index (χ0n) is 10.9. The molecule has 0 bridgehead atoms. The molecule has 0 spiro atoms. The first-order chi connectivity index (χ1) is 9.22. The number of carbonyl (C=O) groups excluding carboxylic acids is 1. The van der Waals surface area contributed by atoms with E-state index in [0.29, 0.717) is 13.0 Å². The zero-order chi connectivity index (χ0) is 13.9. The zero-order valence-corrected chi connectivity index (χ0v) is 10.9. The Morgan fingerprint density at radius 1 is 1.26 bits per heavy atom. The van der Waals surface area contributed by atoms with Gasteiger partial charge in [-0.3, -0.25) is 0 Å². The number of rotatable bonds is 8. The molecule has 3 N–H and O–H groups in total. The lowest BCUT2D eigenvalue weighted by Crippen LogP contribution is -2.25. The Labute approximate surface area is 113 Å². The number of carbonyl (C=O) groups is 1. The quantitative estimate of drug-likeness (QED) is 0.623. The van der Waals surface area contributed by atoms with E-state index >= 15 is 0 Å². The van der Waals surface area contributed by atoms with E-state index in [1.54, 1.807) is 0 Å². The topological polar surface area (TPSA) is 78.8 Å². The van der Waals surface area contributed by atoms with Crippen LogP contribution in [0.15, 0.2) is 30.3 Å². The van der Waals surface area contributed by atoms with E-state index in [0.717, 1.165) is 18.4 Å². The molecule has 5 nitrogen and oxygen atoms in total. The lowest BCUT2D eigenvalue weighted by molar-refractivity contribution is 0.0860. The third kappa shape index (κ3) is 7.43. The molecule has 0 aliphatic carbocycles. The number of benzene rings is 1. The normalized spacial score (nSPS) is 11.9. The van der Waals surface area contributed by atoms with E-state index in [4.69, 9.17) is 14.9 Å². The minimum Gasteiger partial charge on any atom is -0.445 e. The van der Waals surface area contributed by atoms with Gasteiger partial charge in [0.15, 0.2) is 0 Å². The van der Waals surface area contributed by atoms with Gasteiger partial charge in [-0.25, -0.2) is 4.79 Å². The Bertz CT molecular complexity index is 356. The highest BCUT2D eigenvalue weighted by Crippen LogP contribution is 2.01. The molecule has 0 aromatic heterocycles. The van der Waals surface area contributed by atoms with E-state index in [9.17, 15) is 4.79 Å². The van der Waals surface area contributed by atoms with Crippen molar-refractivity contribution in [3.05, 3.63) is 35.9 Å². The number of nitrogens with one attached hydrogen (secondary N) is 1. The molecular weight excluding hydrogens is 246 g/mol. The van der Waals surface area contributed by atoms with Crippen LogP contribution in [0.25, 0.3) is 0 Å². The predicted molar refractivity (Wildman–Crippen MR) is 71.6 cm³/mol. The van der Waals surface area contributed by atoms with E-state index in [-0.39, 0.29) is 13.2 Å². The maximum absolute atomic E-state index is 11.3. The third-order valence-corrected chi connectivity index (χ3v) is 2.66.